The highest BCUT2D eigenvalue weighted by atomic mass is 16.5. The summed E-state index contributed by atoms with van der Waals surface area (Å²) in [6.07, 6.45) is 1.93. The Hall–Kier alpha value is -2.21. The van der Waals surface area contributed by atoms with E-state index in [-0.39, 0.29) is 11.8 Å². The van der Waals surface area contributed by atoms with E-state index in [1.54, 1.807) is 12.1 Å². The molecule has 1 aliphatic rings. The quantitative estimate of drug-likeness (QED) is 0.851. The van der Waals surface area contributed by atoms with E-state index in [4.69, 9.17) is 10.5 Å². The lowest BCUT2D eigenvalue weighted by atomic mass is 9.80. The van der Waals surface area contributed by atoms with Crippen LogP contribution in [-0.4, -0.2) is 26.6 Å². The van der Waals surface area contributed by atoms with E-state index in [1.807, 2.05) is 23.7 Å². The molecule has 3 rings (SSSR count). The van der Waals surface area contributed by atoms with Crippen molar-refractivity contribution in [3.63, 3.8) is 0 Å². The zero-order valence-electron chi connectivity index (χ0n) is 12.8. The van der Waals surface area contributed by atoms with Gasteiger partial charge in [0.25, 0.3) is 0 Å². The topological polar surface area (TPSA) is 83.0 Å². The van der Waals surface area contributed by atoms with Gasteiger partial charge in [-0.1, -0.05) is 12.1 Å². The van der Waals surface area contributed by atoms with Gasteiger partial charge in [0.15, 0.2) is 11.6 Å². The second kappa shape index (κ2) is 5.88. The smallest absolute Gasteiger partial charge is 0.170 e. The lowest BCUT2D eigenvalue weighted by Crippen LogP contribution is -2.36. The van der Waals surface area contributed by atoms with E-state index in [0.29, 0.717) is 23.8 Å². The molecule has 6 heteroatoms. The molecule has 0 bridgehead atoms. The number of hydrogen-bond acceptors (Lipinski definition) is 5. The number of benzene rings is 1. The SMILES string of the molecule is CC(=O)c1cccc(OCc2nnc(C3CC(N)C3)n2C)c1. The van der Waals surface area contributed by atoms with Crippen molar-refractivity contribution in [3.05, 3.63) is 41.5 Å². The van der Waals surface area contributed by atoms with Gasteiger partial charge >= 0.3 is 0 Å². The van der Waals surface area contributed by atoms with Crippen LogP contribution in [0.25, 0.3) is 0 Å². The van der Waals surface area contributed by atoms with Crippen molar-refractivity contribution in [1.29, 1.82) is 0 Å². The Labute approximate surface area is 129 Å². The first kappa shape index (κ1) is 14.7. The molecule has 0 atom stereocenters. The number of carbonyl (C=O) groups is 1. The number of ketones is 1. The first-order valence-electron chi connectivity index (χ1n) is 7.42. The molecule has 1 aromatic heterocycles. The average molecular weight is 300 g/mol. The highest BCUT2D eigenvalue weighted by Gasteiger charge is 2.31. The molecule has 0 radical (unpaired) electrons. The summed E-state index contributed by atoms with van der Waals surface area (Å²) in [7, 11) is 1.95. The molecule has 1 saturated carbocycles. The Morgan fingerprint density at radius 3 is 2.86 bits per heavy atom. The lowest BCUT2D eigenvalue weighted by Gasteiger charge is -2.31. The first-order valence-corrected chi connectivity index (χ1v) is 7.42. The molecule has 0 amide bonds. The van der Waals surface area contributed by atoms with Crippen molar-refractivity contribution in [3.8, 4) is 5.75 Å². The molecular formula is C16H20N4O2. The van der Waals surface area contributed by atoms with E-state index in [0.717, 1.165) is 24.5 Å². The fraction of sp³-hybridized carbons (Fsp3) is 0.438. The van der Waals surface area contributed by atoms with E-state index in [2.05, 4.69) is 10.2 Å². The third-order valence-corrected chi connectivity index (χ3v) is 4.15. The van der Waals surface area contributed by atoms with Gasteiger partial charge in [-0.3, -0.25) is 4.79 Å². The molecular weight excluding hydrogens is 280 g/mol. The highest BCUT2D eigenvalue weighted by Crippen LogP contribution is 2.34. The minimum atomic E-state index is 0.0210. The third kappa shape index (κ3) is 2.87. The van der Waals surface area contributed by atoms with E-state index < -0.39 is 0 Å². The van der Waals surface area contributed by atoms with Gasteiger partial charge in [-0.15, -0.1) is 10.2 Å². The predicted octanol–water partition coefficient (Wildman–Crippen LogP) is 1.80. The van der Waals surface area contributed by atoms with E-state index in [9.17, 15) is 4.79 Å². The maximum absolute atomic E-state index is 11.4. The predicted molar refractivity (Wildman–Crippen MR) is 81.7 cm³/mol. The van der Waals surface area contributed by atoms with E-state index >= 15 is 0 Å². The maximum atomic E-state index is 11.4. The van der Waals surface area contributed by atoms with Gasteiger partial charge in [0, 0.05) is 24.6 Å². The summed E-state index contributed by atoms with van der Waals surface area (Å²) in [4.78, 5) is 11.4. The number of rotatable bonds is 5. The summed E-state index contributed by atoms with van der Waals surface area (Å²) in [5.41, 5.74) is 6.47. The largest absolute Gasteiger partial charge is 0.486 e. The fourth-order valence-corrected chi connectivity index (χ4v) is 2.68. The zero-order valence-corrected chi connectivity index (χ0v) is 12.8. The summed E-state index contributed by atoms with van der Waals surface area (Å²) in [5, 5.41) is 8.45. The van der Waals surface area contributed by atoms with Crippen LogP contribution in [0.3, 0.4) is 0 Å². The molecule has 1 aliphatic carbocycles. The Morgan fingerprint density at radius 1 is 1.41 bits per heavy atom. The second-order valence-corrected chi connectivity index (χ2v) is 5.83. The molecule has 0 spiro atoms. The molecule has 2 aromatic rings. The van der Waals surface area contributed by atoms with Crippen LogP contribution in [-0.2, 0) is 13.7 Å². The van der Waals surface area contributed by atoms with Gasteiger partial charge in [0.2, 0.25) is 0 Å². The lowest BCUT2D eigenvalue weighted by molar-refractivity contribution is 0.101. The first-order chi connectivity index (χ1) is 10.5. The van der Waals surface area contributed by atoms with Crippen LogP contribution in [0.1, 0.15) is 47.7 Å². The van der Waals surface area contributed by atoms with Crippen LogP contribution in [0.15, 0.2) is 24.3 Å². The summed E-state index contributed by atoms with van der Waals surface area (Å²) < 4.78 is 7.71. The number of carbonyl (C=O) groups excluding carboxylic acids is 1. The summed E-state index contributed by atoms with van der Waals surface area (Å²) in [5.74, 6) is 2.82. The highest BCUT2D eigenvalue weighted by molar-refractivity contribution is 5.94. The van der Waals surface area contributed by atoms with Crippen LogP contribution in [0.2, 0.25) is 0 Å². The molecule has 1 fully saturated rings. The summed E-state index contributed by atoms with van der Waals surface area (Å²) in [6, 6.07) is 7.44. The zero-order chi connectivity index (χ0) is 15.7. The maximum Gasteiger partial charge on any atom is 0.170 e. The van der Waals surface area contributed by atoms with Crippen molar-refractivity contribution in [2.75, 3.05) is 0 Å². The fourth-order valence-electron chi connectivity index (χ4n) is 2.68. The summed E-state index contributed by atoms with van der Waals surface area (Å²) in [6.45, 7) is 1.86. The van der Waals surface area contributed by atoms with Gasteiger partial charge in [-0.25, -0.2) is 0 Å². The molecule has 0 unspecified atom stereocenters. The monoisotopic (exact) mass is 300 g/mol. The summed E-state index contributed by atoms with van der Waals surface area (Å²) >= 11 is 0. The van der Waals surface area contributed by atoms with Gasteiger partial charge in [-0.2, -0.15) is 0 Å². The Bertz CT molecular complexity index is 689. The van der Waals surface area contributed by atoms with E-state index in [1.165, 1.54) is 6.92 Å². The van der Waals surface area contributed by atoms with Gasteiger partial charge < -0.3 is 15.0 Å². The molecule has 1 aromatic carbocycles. The normalized spacial score (nSPS) is 20.5. The molecule has 0 aliphatic heterocycles. The van der Waals surface area contributed by atoms with Crippen LogP contribution < -0.4 is 10.5 Å². The molecule has 22 heavy (non-hydrogen) atoms. The van der Waals surface area contributed by atoms with Crippen LogP contribution >= 0.6 is 0 Å². The Kier molecular flexibility index (Phi) is 3.94. The van der Waals surface area contributed by atoms with Gasteiger partial charge in [-0.05, 0) is 31.9 Å². The minimum Gasteiger partial charge on any atom is -0.486 e. The standard InChI is InChI=1S/C16H20N4O2/c1-10(21)11-4-3-5-14(8-11)22-9-15-18-19-16(20(15)2)12-6-13(17)7-12/h3-5,8,12-13H,6-7,9,17H2,1-2H3. The van der Waals surface area contributed by atoms with Crippen LogP contribution in [0, 0.1) is 0 Å². The molecule has 6 nitrogen and oxygen atoms in total. The number of nitrogens with zero attached hydrogens (tertiary/aromatic N) is 3. The number of hydrogen-bond donors (Lipinski definition) is 1. The minimum absolute atomic E-state index is 0.0210. The number of ether oxygens (including phenoxy) is 1. The Morgan fingerprint density at radius 2 is 2.18 bits per heavy atom. The Balaban J connectivity index is 1.67. The molecule has 116 valence electrons. The van der Waals surface area contributed by atoms with Crippen molar-refractivity contribution in [2.45, 2.75) is 38.3 Å². The van der Waals surface area contributed by atoms with Gasteiger partial charge in [0.05, 0.1) is 0 Å². The van der Waals surface area contributed by atoms with Crippen molar-refractivity contribution in [2.24, 2.45) is 12.8 Å². The van der Waals surface area contributed by atoms with Crippen molar-refractivity contribution >= 4 is 5.78 Å². The molecule has 1 heterocycles. The van der Waals surface area contributed by atoms with Crippen molar-refractivity contribution < 1.29 is 9.53 Å². The molecule has 2 N–H and O–H groups in total. The van der Waals surface area contributed by atoms with Crippen LogP contribution in [0.4, 0.5) is 0 Å². The van der Waals surface area contributed by atoms with Crippen LogP contribution in [0.5, 0.6) is 5.75 Å². The second-order valence-electron chi connectivity index (χ2n) is 5.83. The average Bonchev–Trinajstić information content (AvgIpc) is 2.83. The number of Topliss-reactive ketones (excluding diaryl/α,β-unsaturated/α-hetero) is 1. The number of aromatic nitrogens is 3. The molecule has 0 saturated heterocycles. The van der Waals surface area contributed by atoms with Gasteiger partial charge in [0.1, 0.15) is 18.2 Å². The van der Waals surface area contributed by atoms with Crippen molar-refractivity contribution in [1.82, 2.24) is 14.8 Å². The number of nitrogens with two attached hydrogens (primary N) is 1. The third-order valence-electron chi connectivity index (χ3n) is 4.15.